The van der Waals surface area contributed by atoms with E-state index < -0.39 is 0 Å². The van der Waals surface area contributed by atoms with Crippen LogP contribution in [0, 0.1) is 0 Å². The van der Waals surface area contributed by atoms with Crippen molar-refractivity contribution in [2.24, 2.45) is 0 Å². The molecular formula is C17H17N3O. The molecule has 0 radical (unpaired) electrons. The molecule has 1 unspecified atom stereocenters. The molecule has 3 rings (SSSR count). The average molecular weight is 279 g/mol. The van der Waals surface area contributed by atoms with Gasteiger partial charge in [0.25, 0.3) is 0 Å². The average Bonchev–Trinajstić information content (AvgIpc) is 2.56. The minimum absolute atomic E-state index is 0.0211. The molecule has 0 fully saturated rings. The molecule has 0 amide bonds. The highest BCUT2D eigenvalue weighted by Gasteiger charge is 2.19. The third kappa shape index (κ3) is 2.45. The molecule has 3 aromatic rings. The molecule has 0 aliphatic rings. The van der Waals surface area contributed by atoms with Gasteiger partial charge in [0.2, 0.25) is 5.88 Å². The highest BCUT2D eigenvalue weighted by Crippen LogP contribution is 2.31. The van der Waals surface area contributed by atoms with Gasteiger partial charge in [0.15, 0.2) is 0 Å². The van der Waals surface area contributed by atoms with Crippen LogP contribution in [0.2, 0.25) is 0 Å². The summed E-state index contributed by atoms with van der Waals surface area (Å²) in [6.45, 7) is 0. The molecule has 0 aliphatic heterocycles. The minimum atomic E-state index is -0.0211. The van der Waals surface area contributed by atoms with E-state index in [0.717, 1.165) is 22.0 Å². The summed E-state index contributed by atoms with van der Waals surface area (Å²) in [6.07, 6.45) is 3.55. The van der Waals surface area contributed by atoms with Crippen LogP contribution in [0.25, 0.3) is 10.9 Å². The van der Waals surface area contributed by atoms with Crippen LogP contribution in [-0.2, 0) is 0 Å². The van der Waals surface area contributed by atoms with Gasteiger partial charge in [-0.15, -0.1) is 0 Å². The highest BCUT2D eigenvalue weighted by molar-refractivity contribution is 5.82. The smallest absolute Gasteiger partial charge is 0.218 e. The van der Waals surface area contributed by atoms with Crippen LogP contribution < -0.4 is 10.1 Å². The standard InChI is InChI=1S/C17H17N3O/c1-18-16(14-9-5-11-20-17(14)21-2)13-8-3-6-12-7-4-10-19-15(12)13/h3-11,16,18H,1-2H3. The second kappa shape index (κ2) is 5.89. The maximum absolute atomic E-state index is 5.39. The van der Waals surface area contributed by atoms with E-state index in [9.17, 15) is 0 Å². The molecule has 2 heterocycles. The van der Waals surface area contributed by atoms with Crippen LogP contribution in [0.3, 0.4) is 0 Å². The summed E-state index contributed by atoms with van der Waals surface area (Å²) < 4.78 is 5.39. The molecule has 0 aliphatic carbocycles. The SMILES string of the molecule is CNC(c1cccnc1OC)c1cccc2cccnc12. The lowest BCUT2D eigenvalue weighted by atomic mass is 9.97. The van der Waals surface area contributed by atoms with Crippen molar-refractivity contribution in [2.45, 2.75) is 6.04 Å². The first-order chi connectivity index (χ1) is 10.3. The summed E-state index contributed by atoms with van der Waals surface area (Å²) >= 11 is 0. The van der Waals surface area contributed by atoms with Gasteiger partial charge in [-0.2, -0.15) is 0 Å². The number of fused-ring (bicyclic) bond motifs is 1. The Labute approximate surface area is 123 Å². The molecule has 1 aromatic carbocycles. The predicted octanol–water partition coefficient (Wildman–Crippen LogP) is 2.95. The Bertz CT molecular complexity index is 752. The molecule has 0 bridgehead atoms. The molecule has 0 spiro atoms. The third-order valence-electron chi connectivity index (χ3n) is 3.57. The molecular weight excluding hydrogens is 262 g/mol. The van der Waals surface area contributed by atoms with E-state index in [4.69, 9.17) is 4.74 Å². The molecule has 4 heteroatoms. The van der Waals surface area contributed by atoms with E-state index in [2.05, 4.69) is 33.5 Å². The van der Waals surface area contributed by atoms with Crippen LogP contribution in [0.4, 0.5) is 0 Å². The van der Waals surface area contributed by atoms with Crippen molar-refractivity contribution in [3.63, 3.8) is 0 Å². The van der Waals surface area contributed by atoms with Crippen molar-refractivity contribution < 1.29 is 4.74 Å². The first-order valence-corrected chi connectivity index (χ1v) is 6.85. The van der Waals surface area contributed by atoms with Gasteiger partial charge in [0.1, 0.15) is 0 Å². The number of ether oxygens (including phenoxy) is 1. The zero-order chi connectivity index (χ0) is 14.7. The molecule has 4 nitrogen and oxygen atoms in total. The third-order valence-corrected chi connectivity index (χ3v) is 3.57. The van der Waals surface area contributed by atoms with Crippen LogP contribution >= 0.6 is 0 Å². The molecule has 106 valence electrons. The van der Waals surface area contributed by atoms with Gasteiger partial charge in [-0.1, -0.05) is 30.3 Å². The zero-order valence-electron chi connectivity index (χ0n) is 12.1. The lowest BCUT2D eigenvalue weighted by Gasteiger charge is -2.20. The number of nitrogens with one attached hydrogen (secondary N) is 1. The number of pyridine rings is 2. The summed E-state index contributed by atoms with van der Waals surface area (Å²) in [5.74, 6) is 0.629. The Morgan fingerprint density at radius 2 is 1.67 bits per heavy atom. The fourth-order valence-corrected chi connectivity index (χ4v) is 2.63. The summed E-state index contributed by atoms with van der Waals surface area (Å²) in [6, 6.07) is 14.1. The monoisotopic (exact) mass is 279 g/mol. The normalized spacial score (nSPS) is 12.3. The van der Waals surface area contributed by atoms with E-state index in [0.29, 0.717) is 5.88 Å². The zero-order valence-corrected chi connectivity index (χ0v) is 12.1. The number of methoxy groups -OCH3 is 1. The van der Waals surface area contributed by atoms with Gasteiger partial charge in [-0.05, 0) is 24.7 Å². The van der Waals surface area contributed by atoms with E-state index in [1.165, 1.54) is 0 Å². The second-order valence-electron chi connectivity index (χ2n) is 4.75. The fourth-order valence-electron chi connectivity index (χ4n) is 2.63. The number of hydrogen-bond donors (Lipinski definition) is 1. The van der Waals surface area contributed by atoms with Crippen LogP contribution in [-0.4, -0.2) is 24.1 Å². The van der Waals surface area contributed by atoms with Crippen LogP contribution in [0.1, 0.15) is 17.2 Å². The molecule has 2 aromatic heterocycles. The second-order valence-corrected chi connectivity index (χ2v) is 4.75. The summed E-state index contributed by atoms with van der Waals surface area (Å²) in [7, 11) is 3.57. The van der Waals surface area contributed by atoms with Crippen LogP contribution in [0.5, 0.6) is 5.88 Å². The van der Waals surface area contributed by atoms with Crippen molar-refractivity contribution in [3.8, 4) is 5.88 Å². The first-order valence-electron chi connectivity index (χ1n) is 6.85. The Balaban J connectivity index is 2.19. The number of hydrogen-bond acceptors (Lipinski definition) is 4. The Morgan fingerprint density at radius 1 is 0.952 bits per heavy atom. The van der Waals surface area contributed by atoms with Crippen molar-refractivity contribution in [3.05, 3.63) is 66.0 Å². The Hall–Kier alpha value is -2.46. The largest absolute Gasteiger partial charge is 0.481 e. The summed E-state index contributed by atoms with van der Waals surface area (Å²) in [5, 5.41) is 4.46. The van der Waals surface area contributed by atoms with Gasteiger partial charge in [0, 0.05) is 23.3 Å². The van der Waals surface area contributed by atoms with Crippen molar-refractivity contribution in [1.82, 2.24) is 15.3 Å². The lowest BCUT2D eigenvalue weighted by Crippen LogP contribution is -2.19. The minimum Gasteiger partial charge on any atom is -0.481 e. The predicted molar refractivity (Wildman–Crippen MR) is 83.4 cm³/mol. The molecule has 0 saturated carbocycles. The first kappa shape index (κ1) is 13.5. The summed E-state index contributed by atoms with van der Waals surface area (Å²) in [5.41, 5.74) is 3.10. The van der Waals surface area contributed by atoms with Crippen molar-refractivity contribution >= 4 is 10.9 Å². The summed E-state index contributed by atoms with van der Waals surface area (Å²) in [4.78, 5) is 8.82. The quantitative estimate of drug-likeness (QED) is 0.797. The van der Waals surface area contributed by atoms with Gasteiger partial charge in [-0.25, -0.2) is 4.98 Å². The molecule has 1 N–H and O–H groups in total. The van der Waals surface area contributed by atoms with Gasteiger partial charge in [0.05, 0.1) is 18.7 Å². The van der Waals surface area contributed by atoms with E-state index in [1.54, 1.807) is 13.3 Å². The fraction of sp³-hybridized carbons (Fsp3) is 0.176. The number of para-hydroxylation sites is 1. The number of nitrogens with zero attached hydrogens (tertiary/aromatic N) is 2. The van der Waals surface area contributed by atoms with Crippen molar-refractivity contribution in [2.75, 3.05) is 14.2 Å². The van der Waals surface area contributed by atoms with Gasteiger partial charge in [-0.3, -0.25) is 4.98 Å². The van der Waals surface area contributed by atoms with E-state index in [1.807, 2.05) is 37.5 Å². The number of aromatic nitrogens is 2. The molecule has 21 heavy (non-hydrogen) atoms. The molecule has 0 saturated heterocycles. The van der Waals surface area contributed by atoms with Crippen LogP contribution in [0.15, 0.2) is 54.9 Å². The topological polar surface area (TPSA) is 47.0 Å². The van der Waals surface area contributed by atoms with Crippen molar-refractivity contribution in [1.29, 1.82) is 0 Å². The number of benzene rings is 1. The Kier molecular flexibility index (Phi) is 3.79. The Morgan fingerprint density at radius 3 is 2.48 bits per heavy atom. The highest BCUT2D eigenvalue weighted by atomic mass is 16.5. The lowest BCUT2D eigenvalue weighted by molar-refractivity contribution is 0.388. The van der Waals surface area contributed by atoms with E-state index in [-0.39, 0.29) is 6.04 Å². The van der Waals surface area contributed by atoms with Gasteiger partial charge >= 0.3 is 0 Å². The van der Waals surface area contributed by atoms with E-state index >= 15 is 0 Å². The maximum Gasteiger partial charge on any atom is 0.218 e. The maximum atomic E-state index is 5.39. The van der Waals surface area contributed by atoms with Gasteiger partial charge < -0.3 is 10.1 Å². The number of rotatable bonds is 4. The molecule has 1 atom stereocenters.